The third-order valence-corrected chi connectivity index (χ3v) is 3.27. The molecule has 1 saturated heterocycles. The Morgan fingerprint density at radius 3 is 2.74 bits per heavy atom. The van der Waals surface area contributed by atoms with Crippen molar-refractivity contribution >= 4 is 5.97 Å². The zero-order chi connectivity index (χ0) is 14.4. The van der Waals surface area contributed by atoms with Crippen LogP contribution >= 0.6 is 0 Å². The van der Waals surface area contributed by atoms with Gasteiger partial charge in [-0.1, -0.05) is 6.92 Å². The van der Waals surface area contributed by atoms with Crippen LogP contribution in [0, 0.1) is 22.0 Å². The van der Waals surface area contributed by atoms with E-state index in [1.165, 1.54) is 5.69 Å². The molecule has 7 nitrogen and oxygen atoms in total. The van der Waals surface area contributed by atoms with Crippen molar-refractivity contribution in [2.45, 2.75) is 19.8 Å². The Kier molecular flexibility index (Phi) is 5.35. The molecule has 2 heterocycles. The van der Waals surface area contributed by atoms with Gasteiger partial charge in [-0.2, -0.15) is 0 Å². The van der Waals surface area contributed by atoms with Gasteiger partial charge < -0.3 is 14.5 Å². The molecular formula is C12H18N2O5. The Morgan fingerprint density at radius 1 is 1.63 bits per heavy atom. The molecule has 0 spiro atoms. The van der Waals surface area contributed by atoms with Crippen LogP contribution in [0.3, 0.4) is 0 Å². The molecular weight excluding hydrogens is 252 g/mol. The lowest BCUT2D eigenvalue weighted by atomic mass is 9.89. The SMILES string of the molecule is CC[C@H]1C(=O)OC[C@@H]1Cc1cccn1C.O=[N+]([O-])O. The highest BCUT2D eigenvalue weighted by molar-refractivity contribution is 5.74. The van der Waals surface area contributed by atoms with Gasteiger partial charge in [0.25, 0.3) is 5.09 Å². The topological polar surface area (TPSA) is 94.6 Å². The lowest BCUT2D eigenvalue weighted by Gasteiger charge is -2.13. The normalized spacial score (nSPS) is 21.5. The monoisotopic (exact) mass is 270 g/mol. The summed E-state index contributed by atoms with van der Waals surface area (Å²) in [6, 6.07) is 4.14. The Labute approximate surface area is 110 Å². The maximum Gasteiger partial charge on any atom is 0.309 e. The fourth-order valence-electron chi connectivity index (χ4n) is 2.28. The molecule has 1 aromatic rings. The summed E-state index contributed by atoms with van der Waals surface area (Å²) in [6.45, 7) is 2.64. The van der Waals surface area contributed by atoms with Gasteiger partial charge in [-0.15, -0.1) is 10.1 Å². The molecule has 0 bridgehead atoms. The number of cyclic esters (lactones) is 1. The molecule has 0 aliphatic carbocycles. The van der Waals surface area contributed by atoms with E-state index in [9.17, 15) is 4.79 Å². The molecule has 0 unspecified atom stereocenters. The van der Waals surface area contributed by atoms with Crippen LogP contribution in [-0.4, -0.2) is 27.4 Å². The third-order valence-electron chi connectivity index (χ3n) is 3.27. The minimum Gasteiger partial charge on any atom is -0.465 e. The van der Waals surface area contributed by atoms with E-state index in [-0.39, 0.29) is 11.9 Å². The Hall–Kier alpha value is -2.05. The Balaban J connectivity index is 0.000000399. The highest BCUT2D eigenvalue weighted by atomic mass is 16.9. The van der Waals surface area contributed by atoms with E-state index in [1.54, 1.807) is 0 Å². The molecule has 19 heavy (non-hydrogen) atoms. The Bertz CT molecular complexity index is 439. The number of carbonyl (C=O) groups is 1. The first-order chi connectivity index (χ1) is 8.95. The lowest BCUT2D eigenvalue weighted by molar-refractivity contribution is -0.742. The molecule has 0 radical (unpaired) electrons. The van der Waals surface area contributed by atoms with E-state index in [0.29, 0.717) is 12.5 Å². The average molecular weight is 270 g/mol. The zero-order valence-corrected chi connectivity index (χ0v) is 11.0. The number of aryl methyl sites for hydroxylation is 1. The number of nitrogens with zero attached hydrogens (tertiary/aromatic N) is 2. The molecule has 0 aromatic carbocycles. The van der Waals surface area contributed by atoms with Crippen molar-refractivity contribution in [1.82, 2.24) is 4.57 Å². The molecule has 106 valence electrons. The number of carbonyl (C=O) groups excluding carboxylic acids is 1. The van der Waals surface area contributed by atoms with Crippen LogP contribution in [0.4, 0.5) is 0 Å². The number of hydrogen-bond donors (Lipinski definition) is 1. The number of ether oxygens (including phenoxy) is 1. The molecule has 1 aliphatic heterocycles. The first-order valence-electron chi connectivity index (χ1n) is 6.05. The summed E-state index contributed by atoms with van der Waals surface area (Å²) in [6.07, 6.45) is 3.86. The first-order valence-corrected chi connectivity index (χ1v) is 6.05. The van der Waals surface area contributed by atoms with E-state index < -0.39 is 5.09 Å². The largest absolute Gasteiger partial charge is 0.465 e. The predicted octanol–water partition coefficient (Wildman–Crippen LogP) is 1.42. The van der Waals surface area contributed by atoms with Crippen LogP contribution in [-0.2, 0) is 23.0 Å². The fourth-order valence-corrected chi connectivity index (χ4v) is 2.28. The van der Waals surface area contributed by atoms with Gasteiger partial charge in [-0.25, -0.2) is 0 Å². The van der Waals surface area contributed by atoms with Gasteiger partial charge in [0.05, 0.1) is 12.5 Å². The zero-order valence-electron chi connectivity index (χ0n) is 11.0. The maximum absolute atomic E-state index is 11.4. The summed E-state index contributed by atoms with van der Waals surface area (Å²) >= 11 is 0. The predicted molar refractivity (Wildman–Crippen MR) is 66.1 cm³/mol. The van der Waals surface area contributed by atoms with Crippen LogP contribution in [0.2, 0.25) is 0 Å². The Morgan fingerprint density at radius 2 is 2.26 bits per heavy atom. The second-order valence-electron chi connectivity index (χ2n) is 4.46. The quantitative estimate of drug-likeness (QED) is 0.509. The summed E-state index contributed by atoms with van der Waals surface area (Å²) in [5.74, 6) is 0.438. The van der Waals surface area contributed by atoms with Crippen molar-refractivity contribution in [2.24, 2.45) is 18.9 Å². The van der Waals surface area contributed by atoms with Crippen LogP contribution < -0.4 is 0 Å². The molecule has 0 amide bonds. The second kappa shape index (κ2) is 6.77. The standard InChI is InChI=1S/C12H17NO2.HNO3/c1-3-11-9(8-15-12(11)14)7-10-5-4-6-13(10)2;2-1(3)4/h4-6,9,11H,3,7-8H2,1-2H3;(H,2,3,4)/t9-,11+;/m0./s1. The molecule has 0 saturated carbocycles. The lowest BCUT2D eigenvalue weighted by Crippen LogP contribution is -2.18. The highest BCUT2D eigenvalue weighted by Gasteiger charge is 2.35. The number of rotatable bonds is 3. The molecule has 2 rings (SSSR count). The van der Waals surface area contributed by atoms with Crippen LogP contribution in [0.1, 0.15) is 19.0 Å². The van der Waals surface area contributed by atoms with Crippen molar-refractivity contribution in [2.75, 3.05) is 6.61 Å². The van der Waals surface area contributed by atoms with Gasteiger partial charge in [-0.3, -0.25) is 4.79 Å². The fraction of sp³-hybridized carbons (Fsp3) is 0.583. The number of hydrogen-bond acceptors (Lipinski definition) is 4. The average Bonchev–Trinajstić information content (AvgIpc) is 2.86. The number of esters is 1. The molecule has 2 atom stereocenters. The molecule has 1 aliphatic rings. The molecule has 1 fully saturated rings. The van der Waals surface area contributed by atoms with Gasteiger partial charge in [0.15, 0.2) is 0 Å². The summed E-state index contributed by atoms with van der Waals surface area (Å²) in [5.41, 5.74) is 1.27. The van der Waals surface area contributed by atoms with Gasteiger partial charge in [-0.05, 0) is 25.0 Å². The second-order valence-corrected chi connectivity index (χ2v) is 4.46. The van der Waals surface area contributed by atoms with Crippen molar-refractivity contribution in [3.8, 4) is 0 Å². The van der Waals surface area contributed by atoms with Crippen LogP contribution in [0.5, 0.6) is 0 Å². The van der Waals surface area contributed by atoms with E-state index in [2.05, 4.69) is 17.6 Å². The van der Waals surface area contributed by atoms with Gasteiger partial charge in [0.2, 0.25) is 0 Å². The minimum absolute atomic E-state index is 0.0169. The summed E-state index contributed by atoms with van der Waals surface area (Å²) in [7, 11) is 2.04. The van der Waals surface area contributed by atoms with E-state index in [1.807, 2.05) is 19.3 Å². The molecule has 7 heteroatoms. The molecule has 1 aromatic heterocycles. The maximum atomic E-state index is 11.4. The van der Waals surface area contributed by atoms with E-state index >= 15 is 0 Å². The minimum atomic E-state index is -1.50. The van der Waals surface area contributed by atoms with Gasteiger partial charge in [0, 0.05) is 24.9 Å². The van der Waals surface area contributed by atoms with Gasteiger partial charge >= 0.3 is 5.97 Å². The van der Waals surface area contributed by atoms with Crippen molar-refractivity contribution in [3.05, 3.63) is 34.1 Å². The highest BCUT2D eigenvalue weighted by Crippen LogP contribution is 2.28. The van der Waals surface area contributed by atoms with E-state index in [0.717, 1.165) is 12.8 Å². The summed E-state index contributed by atoms with van der Waals surface area (Å²) in [5, 5.41) is 13.6. The van der Waals surface area contributed by atoms with Crippen molar-refractivity contribution < 1.29 is 19.8 Å². The van der Waals surface area contributed by atoms with E-state index in [4.69, 9.17) is 20.1 Å². The molecule has 1 N–H and O–H groups in total. The first kappa shape index (κ1) is 15.0. The van der Waals surface area contributed by atoms with Crippen LogP contribution in [0.15, 0.2) is 18.3 Å². The number of aromatic nitrogens is 1. The van der Waals surface area contributed by atoms with Crippen LogP contribution in [0.25, 0.3) is 0 Å². The van der Waals surface area contributed by atoms with Crippen molar-refractivity contribution in [1.29, 1.82) is 0 Å². The summed E-state index contributed by atoms with van der Waals surface area (Å²) in [4.78, 5) is 19.8. The smallest absolute Gasteiger partial charge is 0.309 e. The summed E-state index contributed by atoms with van der Waals surface area (Å²) < 4.78 is 7.22. The van der Waals surface area contributed by atoms with Gasteiger partial charge in [0.1, 0.15) is 0 Å². The van der Waals surface area contributed by atoms with Crippen molar-refractivity contribution in [3.63, 3.8) is 0 Å². The third kappa shape index (κ3) is 4.27.